The number of hydrogen-bond acceptors (Lipinski definition) is 7. The number of aliphatic hydroxyl groups is 4. The molecule has 31 heavy (non-hydrogen) atoms. The maximum atomic E-state index is 10.4. The van der Waals surface area contributed by atoms with Crippen molar-refractivity contribution < 1.29 is 29.9 Å². The molecule has 2 aliphatic rings. The standard InChI is InChI=1S/C23H32N2O6/c1-12(2)25-13(3)17(10-14-4-6-15(7-5-14)16-8-9-16)22(24-25)31-23-21(29)20(28)19(27)18(11-26)30-23/h4-7,12,16,18-21,23,26-29H,8-11H2,1-3H3/t18-,19-,20+,21-,23+/m1/s1. The number of aliphatic hydroxyl groups excluding tert-OH is 4. The smallest absolute Gasteiger partial charge is 0.239 e. The van der Waals surface area contributed by atoms with Gasteiger partial charge in [0.15, 0.2) is 0 Å². The van der Waals surface area contributed by atoms with Crippen molar-refractivity contribution in [3.8, 4) is 5.88 Å². The van der Waals surface area contributed by atoms with Crippen molar-refractivity contribution >= 4 is 0 Å². The van der Waals surface area contributed by atoms with Crippen LogP contribution in [0.25, 0.3) is 0 Å². The molecule has 2 fully saturated rings. The summed E-state index contributed by atoms with van der Waals surface area (Å²) >= 11 is 0. The molecule has 1 aromatic carbocycles. The lowest BCUT2D eigenvalue weighted by Crippen LogP contribution is -2.60. The lowest BCUT2D eigenvalue weighted by molar-refractivity contribution is -0.278. The summed E-state index contributed by atoms with van der Waals surface area (Å²) in [5, 5.41) is 44.5. The van der Waals surface area contributed by atoms with Crippen molar-refractivity contribution in [2.75, 3.05) is 6.61 Å². The van der Waals surface area contributed by atoms with Gasteiger partial charge in [-0.3, -0.25) is 4.68 Å². The molecule has 4 rings (SSSR count). The van der Waals surface area contributed by atoms with Gasteiger partial charge in [0.1, 0.15) is 24.4 Å². The molecule has 0 bridgehead atoms. The molecule has 1 aliphatic heterocycles. The van der Waals surface area contributed by atoms with Crippen LogP contribution in [0.3, 0.4) is 0 Å². The summed E-state index contributed by atoms with van der Waals surface area (Å²) in [4.78, 5) is 0. The molecule has 1 aliphatic carbocycles. The Labute approximate surface area is 182 Å². The minimum atomic E-state index is -1.50. The van der Waals surface area contributed by atoms with E-state index in [-0.39, 0.29) is 6.04 Å². The molecule has 8 nitrogen and oxygen atoms in total. The number of rotatable bonds is 7. The van der Waals surface area contributed by atoms with E-state index in [0.717, 1.165) is 16.8 Å². The topological polar surface area (TPSA) is 117 Å². The normalized spacial score (nSPS) is 28.8. The molecule has 0 radical (unpaired) electrons. The Morgan fingerprint density at radius 3 is 2.35 bits per heavy atom. The van der Waals surface area contributed by atoms with Crippen molar-refractivity contribution in [1.82, 2.24) is 9.78 Å². The maximum Gasteiger partial charge on any atom is 0.239 e. The van der Waals surface area contributed by atoms with Gasteiger partial charge in [0.25, 0.3) is 0 Å². The van der Waals surface area contributed by atoms with Crippen LogP contribution >= 0.6 is 0 Å². The van der Waals surface area contributed by atoms with Crippen LogP contribution in [0.2, 0.25) is 0 Å². The average Bonchev–Trinajstić information content (AvgIpc) is 3.56. The molecular weight excluding hydrogens is 400 g/mol. The highest BCUT2D eigenvalue weighted by molar-refractivity contribution is 5.38. The van der Waals surface area contributed by atoms with Crippen LogP contribution in [0.1, 0.15) is 61.0 Å². The number of hydrogen-bond donors (Lipinski definition) is 4. The molecule has 2 heterocycles. The van der Waals surface area contributed by atoms with Crippen LogP contribution in [-0.4, -0.2) is 67.5 Å². The summed E-state index contributed by atoms with van der Waals surface area (Å²) < 4.78 is 13.3. The van der Waals surface area contributed by atoms with Crippen molar-refractivity contribution in [3.05, 3.63) is 46.6 Å². The first-order chi connectivity index (χ1) is 14.8. The summed E-state index contributed by atoms with van der Waals surface area (Å²) in [7, 11) is 0. The molecular formula is C23H32N2O6. The molecule has 1 saturated carbocycles. The van der Waals surface area contributed by atoms with Gasteiger partial charge in [-0.05, 0) is 50.7 Å². The Kier molecular flexibility index (Phi) is 6.37. The Balaban J connectivity index is 1.59. The van der Waals surface area contributed by atoms with Crippen molar-refractivity contribution in [2.24, 2.45) is 0 Å². The first kappa shape index (κ1) is 22.2. The van der Waals surface area contributed by atoms with Gasteiger partial charge in [0.2, 0.25) is 12.2 Å². The first-order valence-electron chi connectivity index (χ1n) is 10.9. The van der Waals surface area contributed by atoms with E-state index in [0.29, 0.717) is 18.2 Å². The highest BCUT2D eigenvalue weighted by Gasteiger charge is 2.45. The van der Waals surface area contributed by atoms with E-state index in [1.165, 1.54) is 18.4 Å². The number of aromatic nitrogens is 2. The average molecular weight is 433 g/mol. The Bertz CT molecular complexity index is 890. The molecule has 8 heteroatoms. The van der Waals surface area contributed by atoms with Gasteiger partial charge in [-0.15, -0.1) is 5.10 Å². The molecule has 170 valence electrons. The largest absolute Gasteiger partial charge is 0.443 e. The maximum absolute atomic E-state index is 10.4. The van der Waals surface area contributed by atoms with E-state index in [4.69, 9.17) is 9.47 Å². The van der Waals surface area contributed by atoms with Crippen molar-refractivity contribution in [1.29, 1.82) is 0 Å². The molecule has 1 aromatic heterocycles. The number of ether oxygens (including phenoxy) is 2. The highest BCUT2D eigenvalue weighted by Crippen LogP contribution is 2.40. The van der Waals surface area contributed by atoms with E-state index < -0.39 is 37.3 Å². The van der Waals surface area contributed by atoms with E-state index in [2.05, 4.69) is 29.4 Å². The second-order valence-electron chi connectivity index (χ2n) is 8.92. The summed E-state index contributed by atoms with van der Waals surface area (Å²) in [6.07, 6.45) is -3.59. The van der Waals surface area contributed by atoms with Crippen LogP contribution in [0.4, 0.5) is 0 Å². The Morgan fingerprint density at radius 1 is 1.10 bits per heavy atom. The molecule has 4 N–H and O–H groups in total. The number of nitrogens with zero attached hydrogens (tertiary/aromatic N) is 2. The van der Waals surface area contributed by atoms with Crippen LogP contribution < -0.4 is 4.74 Å². The minimum Gasteiger partial charge on any atom is -0.443 e. The predicted molar refractivity (Wildman–Crippen MR) is 113 cm³/mol. The van der Waals surface area contributed by atoms with Gasteiger partial charge in [-0.1, -0.05) is 24.3 Å². The van der Waals surface area contributed by atoms with E-state index in [1.807, 2.05) is 25.5 Å². The first-order valence-corrected chi connectivity index (χ1v) is 10.9. The summed E-state index contributed by atoms with van der Waals surface area (Å²) in [6.45, 7) is 5.50. The second kappa shape index (κ2) is 8.88. The fraction of sp³-hybridized carbons (Fsp3) is 0.609. The van der Waals surface area contributed by atoms with E-state index >= 15 is 0 Å². The minimum absolute atomic E-state index is 0.100. The third kappa shape index (κ3) is 4.49. The van der Waals surface area contributed by atoms with Gasteiger partial charge in [0.05, 0.1) is 6.61 Å². The van der Waals surface area contributed by atoms with Gasteiger partial charge in [-0.25, -0.2) is 0 Å². The zero-order valence-electron chi connectivity index (χ0n) is 18.2. The molecule has 0 amide bonds. The molecule has 0 spiro atoms. The summed E-state index contributed by atoms with van der Waals surface area (Å²) in [6, 6.07) is 8.69. The van der Waals surface area contributed by atoms with Gasteiger partial charge < -0.3 is 29.9 Å². The fourth-order valence-electron chi connectivity index (χ4n) is 4.13. The van der Waals surface area contributed by atoms with Gasteiger partial charge >= 0.3 is 0 Å². The number of benzene rings is 1. The monoisotopic (exact) mass is 432 g/mol. The molecule has 2 aromatic rings. The second-order valence-corrected chi connectivity index (χ2v) is 8.92. The Hall–Kier alpha value is -1.97. The van der Waals surface area contributed by atoms with E-state index in [1.54, 1.807) is 0 Å². The molecule has 5 atom stereocenters. The lowest BCUT2D eigenvalue weighted by atomic mass is 9.99. The van der Waals surface area contributed by atoms with Gasteiger partial charge in [-0.2, -0.15) is 0 Å². The fourth-order valence-corrected chi connectivity index (χ4v) is 4.13. The molecule has 0 unspecified atom stereocenters. The highest BCUT2D eigenvalue weighted by atomic mass is 16.7. The van der Waals surface area contributed by atoms with Crippen LogP contribution in [-0.2, 0) is 11.2 Å². The third-order valence-corrected chi connectivity index (χ3v) is 6.21. The zero-order valence-corrected chi connectivity index (χ0v) is 18.2. The SMILES string of the molecule is Cc1c(Cc2ccc(C3CC3)cc2)c(O[C@@H]2O[C@H](CO)[C@@H](O)[C@H](O)[C@H]2O)nn1C(C)C. The van der Waals surface area contributed by atoms with Crippen LogP contribution in [0, 0.1) is 6.92 Å². The van der Waals surface area contributed by atoms with Crippen molar-refractivity contribution in [3.63, 3.8) is 0 Å². The third-order valence-electron chi connectivity index (χ3n) is 6.21. The summed E-state index contributed by atoms with van der Waals surface area (Å²) in [5.41, 5.74) is 4.30. The van der Waals surface area contributed by atoms with Gasteiger partial charge in [0, 0.05) is 23.7 Å². The van der Waals surface area contributed by atoms with E-state index in [9.17, 15) is 20.4 Å². The predicted octanol–water partition coefficient (Wildman–Crippen LogP) is 1.42. The molecule has 1 saturated heterocycles. The van der Waals surface area contributed by atoms with Crippen molar-refractivity contribution in [2.45, 2.75) is 82.7 Å². The summed E-state index contributed by atoms with van der Waals surface area (Å²) in [5.74, 6) is 1.01. The van der Waals surface area contributed by atoms with Crippen LogP contribution in [0.15, 0.2) is 24.3 Å². The quantitative estimate of drug-likeness (QED) is 0.523. The lowest BCUT2D eigenvalue weighted by Gasteiger charge is -2.39. The Morgan fingerprint density at radius 2 is 1.77 bits per heavy atom. The zero-order chi connectivity index (χ0) is 22.3. The van der Waals surface area contributed by atoms with Crippen LogP contribution in [0.5, 0.6) is 5.88 Å².